The Morgan fingerprint density at radius 2 is 2.14 bits per heavy atom. The molecule has 0 saturated heterocycles. The molecule has 1 atom stereocenters. The van der Waals surface area contributed by atoms with Gasteiger partial charge in [-0.3, -0.25) is 9.48 Å². The fourth-order valence-corrected chi connectivity index (χ4v) is 2.88. The van der Waals surface area contributed by atoms with Crippen LogP contribution in [0, 0.1) is 0 Å². The lowest BCUT2D eigenvalue weighted by atomic mass is 9.99. The van der Waals surface area contributed by atoms with Crippen LogP contribution in [0.15, 0.2) is 30.3 Å². The summed E-state index contributed by atoms with van der Waals surface area (Å²) < 4.78 is 7.66. The van der Waals surface area contributed by atoms with E-state index in [0.29, 0.717) is 26.3 Å². The van der Waals surface area contributed by atoms with Gasteiger partial charge in [0.15, 0.2) is 0 Å². The van der Waals surface area contributed by atoms with Crippen molar-refractivity contribution in [1.29, 1.82) is 0 Å². The highest BCUT2D eigenvalue weighted by molar-refractivity contribution is 5.73. The Labute approximate surface area is 129 Å². The highest BCUT2D eigenvalue weighted by atomic mass is 16.5. The summed E-state index contributed by atoms with van der Waals surface area (Å²) in [6, 6.07) is 10.1. The number of hydrogen-bond donors (Lipinski definition) is 0. The Balaban J connectivity index is 1.69. The summed E-state index contributed by atoms with van der Waals surface area (Å²) in [4.78, 5) is 13.5. The molecule has 116 valence electrons. The van der Waals surface area contributed by atoms with Gasteiger partial charge in [0.25, 0.3) is 0 Å². The molecule has 0 bridgehead atoms. The molecule has 2 aromatic rings. The van der Waals surface area contributed by atoms with E-state index < -0.39 is 0 Å². The van der Waals surface area contributed by atoms with Gasteiger partial charge in [0.2, 0.25) is 5.91 Å². The zero-order valence-electron chi connectivity index (χ0n) is 12.9. The van der Waals surface area contributed by atoms with Gasteiger partial charge >= 0.3 is 0 Å². The number of benzene rings is 1. The third-order valence-corrected chi connectivity index (χ3v) is 3.99. The lowest BCUT2D eigenvalue weighted by molar-refractivity contribution is -0.130. The number of rotatable bonds is 4. The van der Waals surface area contributed by atoms with Crippen molar-refractivity contribution in [1.82, 2.24) is 19.9 Å². The first-order chi connectivity index (χ1) is 10.6. The van der Waals surface area contributed by atoms with Crippen molar-refractivity contribution >= 4 is 5.91 Å². The Morgan fingerprint density at radius 3 is 2.86 bits per heavy atom. The van der Waals surface area contributed by atoms with Crippen LogP contribution in [0.5, 0.6) is 0 Å². The highest BCUT2D eigenvalue weighted by Gasteiger charge is 2.31. The van der Waals surface area contributed by atoms with Crippen LogP contribution in [-0.4, -0.2) is 39.0 Å². The smallest absolute Gasteiger partial charge is 0.219 e. The minimum absolute atomic E-state index is 0.0596. The van der Waals surface area contributed by atoms with Gasteiger partial charge < -0.3 is 9.64 Å². The summed E-state index contributed by atoms with van der Waals surface area (Å²) in [5.74, 6) is 0.167. The van der Waals surface area contributed by atoms with E-state index in [4.69, 9.17) is 4.74 Å². The first kappa shape index (κ1) is 14.7. The minimum Gasteiger partial charge on any atom is -0.376 e. The molecule has 0 saturated carbocycles. The lowest BCUT2D eigenvalue weighted by Crippen LogP contribution is -2.39. The van der Waals surface area contributed by atoms with Gasteiger partial charge in [0, 0.05) is 26.4 Å². The van der Waals surface area contributed by atoms with Crippen LogP contribution >= 0.6 is 0 Å². The molecule has 6 nitrogen and oxygen atoms in total. The Bertz CT molecular complexity index is 653. The molecule has 0 radical (unpaired) electrons. The lowest BCUT2D eigenvalue weighted by Gasteiger charge is -2.31. The fraction of sp³-hybridized carbons (Fsp3) is 0.438. The number of carbonyl (C=O) groups is 1. The second kappa shape index (κ2) is 6.27. The van der Waals surface area contributed by atoms with E-state index in [-0.39, 0.29) is 11.8 Å². The number of hydrogen-bond acceptors (Lipinski definition) is 4. The molecule has 0 aliphatic carbocycles. The predicted octanol–water partition coefficient (Wildman–Crippen LogP) is 1.48. The largest absolute Gasteiger partial charge is 0.376 e. The molecule has 0 spiro atoms. The second-order valence-corrected chi connectivity index (χ2v) is 5.64. The summed E-state index contributed by atoms with van der Waals surface area (Å²) in [6.45, 7) is 3.89. The molecule has 3 rings (SSSR count). The number of amides is 1. The van der Waals surface area contributed by atoms with Crippen LogP contribution in [-0.2, 0) is 29.7 Å². The van der Waals surface area contributed by atoms with E-state index >= 15 is 0 Å². The number of aryl methyl sites for hydroxylation is 1. The molecule has 1 aromatic carbocycles. The van der Waals surface area contributed by atoms with Crippen molar-refractivity contribution in [3.8, 4) is 0 Å². The van der Waals surface area contributed by atoms with Crippen molar-refractivity contribution in [2.24, 2.45) is 7.05 Å². The Hall–Kier alpha value is -2.21. The summed E-state index contributed by atoms with van der Waals surface area (Å²) in [5.41, 5.74) is 3.09. The molecule has 6 heteroatoms. The number of carbonyl (C=O) groups excluding carboxylic acids is 1. The van der Waals surface area contributed by atoms with Crippen molar-refractivity contribution in [3.05, 3.63) is 47.3 Å². The van der Waals surface area contributed by atoms with Crippen LogP contribution < -0.4 is 0 Å². The Morgan fingerprint density at radius 1 is 1.36 bits per heavy atom. The summed E-state index contributed by atoms with van der Waals surface area (Å²) in [5, 5.41) is 8.25. The molecule has 0 fully saturated rings. The fourth-order valence-electron chi connectivity index (χ4n) is 2.88. The van der Waals surface area contributed by atoms with Crippen LogP contribution in [0.2, 0.25) is 0 Å². The first-order valence-corrected chi connectivity index (χ1v) is 7.40. The van der Waals surface area contributed by atoms with Crippen molar-refractivity contribution in [2.45, 2.75) is 26.0 Å². The van der Waals surface area contributed by atoms with Gasteiger partial charge in [-0.25, -0.2) is 0 Å². The van der Waals surface area contributed by atoms with Crippen molar-refractivity contribution < 1.29 is 9.53 Å². The van der Waals surface area contributed by atoms with Gasteiger partial charge in [0.1, 0.15) is 5.69 Å². The van der Waals surface area contributed by atoms with Crippen molar-refractivity contribution in [2.75, 3.05) is 13.2 Å². The molecule has 22 heavy (non-hydrogen) atoms. The first-order valence-electron chi connectivity index (χ1n) is 7.40. The molecule has 1 amide bonds. The average molecular weight is 300 g/mol. The minimum atomic E-state index is 0.0596. The summed E-state index contributed by atoms with van der Waals surface area (Å²) >= 11 is 0. The maximum atomic E-state index is 11.7. The van der Waals surface area contributed by atoms with Crippen LogP contribution in [0.4, 0.5) is 0 Å². The van der Waals surface area contributed by atoms with Gasteiger partial charge in [-0.15, -0.1) is 5.10 Å². The number of ether oxygens (including phenoxy) is 1. The van der Waals surface area contributed by atoms with Crippen LogP contribution in [0.25, 0.3) is 0 Å². The van der Waals surface area contributed by atoms with Crippen molar-refractivity contribution in [3.63, 3.8) is 0 Å². The predicted molar refractivity (Wildman–Crippen MR) is 80.9 cm³/mol. The summed E-state index contributed by atoms with van der Waals surface area (Å²) in [6.07, 6.45) is 0. The van der Waals surface area contributed by atoms with Crippen LogP contribution in [0.1, 0.15) is 29.8 Å². The molecule has 0 unspecified atom stereocenters. The number of aromatic nitrogens is 3. The monoisotopic (exact) mass is 300 g/mol. The maximum Gasteiger partial charge on any atom is 0.219 e. The molecular weight excluding hydrogens is 280 g/mol. The maximum absolute atomic E-state index is 11.7. The van der Waals surface area contributed by atoms with E-state index in [9.17, 15) is 4.79 Å². The zero-order chi connectivity index (χ0) is 15.5. The molecular formula is C16H20N4O2. The van der Waals surface area contributed by atoms with E-state index in [1.165, 1.54) is 0 Å². The van der Waals surface area contributed by atoms with E-state index in [1.807, 2.05) is 37.4 Å². The molecule has 2 heterocycles. The van der Waals surface area contributed by atoms with Gasteiger partial charge in [-0.05, 0) is 5.56 Å². The SMILES string of the molecule is CC(=O)N1Cc2nnn(C)c2[C@H](COCc2ccccc2)C1. The van der Waals surface area contributed by atoms with Gasteiger partial charge in [-0.2, -0.15) is 0 Å². The molecule has 1 aliphatic rings. The number of fused-ring (bicyclic) bond motifs is 1. The topological polar surface area (TPSA) is 60.2 Å². The number of nitrogens with zero attached hydrogens (tertiary/aromatic N) is 4. The van der Waals surface area contributed by atoms with Gasteiger partial charge in [0.05, 0.1) is 25.5 Å². The van der Waals surface area contributed by atoms with E-state index in [0.717, 1.165) is 17.0 Å². The highest BCUT2D eigenvalue weighted by Crippen LogP contribution is 2.27. The third-order valence-electron chi connectivity index (χ3n) is 3.99. The average Bonchev–Trinajstić information content (AvgIpc) is 2.90. The third kappa shape index (κ3) is 3.01. The molecule has 0 N–H and O–H groups in total. The van der Waals surface area contributed by atoms with Crippen LogP contribution in [0.3, 0.4) is 0 Å². The zero-order valence-corrected chi connectivity index (χ0v) is 12.9. The van der Waals surface area contributed by atoms with E-state index in [2.05, 4.69) is 10.3 Å². The van der Waals surface area contributed by atoms with Gasteiger partial charge in [-0.1, -0.05) is 35.5 Å². The quantitative estimate of drug-likeness (QED) is 0.858. The molecule has 1 aromatic heterocycles. The summed E-state index contributed by atoms with van der Waals surface area (Å²) in [7, 11) is 1.89. The standard InChI is InChI=1S/C16H20N4O2/c1-12(21)20-8-14(16-15(9-20)17-18-19(16)2)11-22-10-13-6-4-3-5-7-13/h3-7,14H,8-11H2,1-2H3/t14-/m0/s1. The Kier molecular flexibility index (Phi) is 4.20. The molecule has 1 aliphatic heterocycles. The normalized spacial score (nSPS) is 17.4. The van der Waals surface area contributed by atoms with E-state index in [1.54, 1.807) is 16.5 Å². The second-order valence-electron chi connectivity index (χ2n) is 5.64.